The van der Waals surface area contributed by atoms with Gasteiger partial charge in [-0.1, -0.05) is 42.5 Å². The molecular weight excluding hydrogens is 354 g/mol. The molecule has 0 saturated carbocycles. The lowest BCUT2D eigenvalue weighted by Crippen LogP contribution is -2.49. The number of hydrogen-bond acceptors (Lipinski definition) is 3. The van der Waals surface area contributed by atoms with Gasteiger partial charge in [-0.05, 0) is 30.7 Å². The molecule has 1 aromatic heterocycles. The SMILES string of the molecule is CC1=C(C(=O)Nc2ccc3[nH]ncc3c2)C(C=Cc2ccccc2)NC(=O)N1. The summed E-state index contributed by atoms with van der Waals surface area (Å²) in [6.07, 6.45) is 5.39. The van der Waals surface area contributed by atoms with Gasteiger partial charge in [-0.3, -0.25) is 9.89 Å². The third-order valence-electron chi connectivity index (χ3n) is 4.53. The number of anilines is 1. The molecule has 28 heavy (non-hydrogen) atoms. The average Bonchev–Trinajstić information content (AvgIpc) is 3.14. The summed E-state index contributed by atoms with van der Waals surface area (Å²) >= 11 is 0. The van der Waals surface area contributed by atoms with Crippen molar-refractivity contribution in [2.24, 2.45) is 0 Å². The number of hydrogen-bond donors (Lipinski definition) is 4. The summed E-state index contributed by atoms with van der Waals surface area (Å²) in [5, 5.41) is 16.1. The van der Waals surface area contributed by atoms with Crippen molar-refractivity contribution in [1.82, 2.24) is 20.8 Å². The van der Waals surface area contributed by atoms with Crippen molar-refractivity contribution in [2.45, 2.75) is 13.0 Å². The van der Waals surface area contributed by atoms with Crippen LogP contribution in [0, 0.1) is 0 Å². The first kappa shape index (κ1) is 17.5. The topological polar surface area (TPSA) is 98.9 Å². The van der Waals surface area contributed by atoms with Crippen LogP contribution in [0.4, 0.5) is 10.5 Å². The Morgan fingerprint density at radius 1 is 1.18 bits per heavy atom. The molecule has 0 saturated heterocycles. The lowest BCUT2D eigenvalue weighted by Gasteiger charge is -2.26. The molecule has 140 valence electrons. The minimum atomic E-state index is -0.536. The highest BCUT2D eigenvalue weighted by molar-refractivity contribution is 6.07. The first-order valence-electron chi connectivity index (χ1n) is 8.86. The van der Waals surface area contributed by atoms with E-state index in [9.17, 15) is 9.59 Å². The summed E-state index contributed by atoms with van der Waals surface area (Å²) in [5.41, 5.74) is 3.51. The molecule has 1 aliphatic heterocycles. The molecular formula is C21H19N5O2. The second-order valence-electron chi connectivity index (χ2n) is 6.51. The molecule has 2 heterocycles. The fourth-order valence-electron chi connectivity index (χ4n) is 3.17. The van der Waals surface area contributed by atoms with Gasteiger partial charge in [0.15, 0.2) is 0 Å². The number of fused-ring (bicyclic) bond motifs is 1. The molecule has 1 atom stereocenters. The Labute approximate surface area is 161 Å². The number of aromatic nitrogens is 2. The molecule has 0 fully saturated rings. The fraction of sp³-hybridized carbons (Fsp3) is 0.0952. The molecule has 7 nitrogen and oxygen atoms in total. The van der Waals surface area contributed by atoms with Crippen LogP contribution in [0.5, 0.6) is 0 Å². The van der Waals surface area contributed by atoms with E-state index in [1.54, 1.807) is 19.2 Å². The molecule has 7 heteroatoms. The Morgan fingerprint density at radius 2 is 2.00 bits per heavy atom. The van der Waals surface area contributed by atoms with Crippen LogP contribution in [0.1, 0.15) is 12.5 Å². The van der Waals surface area contributed by atoms with Crippen LogP contribution in [0.25, 0.3) is 17.0 Å². The highest BCUT2D eigenvalue weighted by Gasteiger charge is 2.28. The van der Waals surface area contributed by atoms with Gasteiger partial charge in [0, 0.05) is 16.8 Å². The summed E-state index contributed by atoms with van der Waals surface area (Å²) in [7, 11) is 0. The minimum absolute atomic E-state index is 0.282. The molecule has 0 spiro atoms. The number of carbonyl (C=O) groups excluding carboxylic acids is 2. The highest BCUT2D eigenvalue weighted by atomic mass is 16.2. The van der Waals surface area contributed by atoms with E-state index >= 15 is 0 Å². The molecule has 3 aromatic rings. The Bertz CT molecular complexity index is 1100. The maximum absolute atomic E-state index is 13.0. The maximum Gasteiger partial charge on any atom is 0.319 e. The normalized spacial score (nSPS) is 16.9. The van der Waals surface area contributed by atoms with E-state index in [-0.39, 0.29) is 11.9 Å². The monoisotopic (exact) mass is 373 g/mol. The Hall–Kier alpha value is -3.87. The maximum atomic E-state index is 13.0. The number of amides is 3. The van der Waals surface area contributed by atoms with Crippen LogP contribution in [-0.4, -0.2) is 28.2 Å². The van der Waals surface area contributed by atoms with Crippen molar-refractivity contribution < 1.29 is 9.59 Å². The van der Waals surface area contributed by atoms with Crippen molar-refractivity contribution in [3.63, 3.8) is 0 Å². The third-order valence-corrected chi connectivity index (χ3v) is 4.53. The third kappa shape index (κ3) is 3.64. The van der Waals surface area contributed by atoms with E-state index in [0.717, 1.165) is 16.5 Å². The molecule has 1 unspecified atom stereocenters. The standard InChI is InChI=1S/C21H19N5O2/c1-13-19(20(27)24-16-8-10-17-15(11-16)12-22-26-17)18(25-21(28)23-13)9-7-14-5-3-2-4-6-14/h2-12,18H,1H3,(H,22,26)(H,24,27)(H2,23,25,28). The van der Waals surface area contributed by atoms with Crippen molar-refractivity contribution in [3.05, 3.63) is 77.6 Å². The lowest BCUT2D eigenvalue weighted by molar-refractivity contribution is -0.113. The highest BCUT2D eigenvalue weighted by Crippen LogP contribution is 2.20. The van der Waals surface area contributed by atoms with Crippen LogP contribution in [-0.2, 0) is 4.79 Å². The number of urea groups is 1. The van der Waals surface area contributed by atoms with Gasteiger partial charge in [0.2, 0.25) is 0 Å². The number of allylic oxidation sites excluding steroid dienone is 1. The zero-order chi connectivity index (χ0) is 19.5. The number of nitrogens with one attached hydrogen (secondary N) is 4. The zero-order valence-corrected chi connectivity index (χ0v) is 15.2. The van der Waals surface area contributed by atoms with Crippen molar-refractivity contribution >= 4 is 34.6 Å². The van der Waals surface area contributed by atoms with Crippen LogP contribution < -0.4 is 16.0 Å². The summed E-state index contributed by atoms with van der Waals surface area (Å²) in [5.74, 6) is -0.282. The molecule has 2 aromatic carbocycles. The molecule has 0 radical (unpaired) electrons. The van der Waals surface area contributed by atoms with Crippen molar-refractivity contribution in [1.29, 1.82) is 0 Å². The number of aromatic amines is 1. The number of carbonyl (C=O) groups is 2. The van der Waals surface area contributed by atoms with Crippen LogP contribution in [0.15, 0.2) is 72.1 Å². The van der Waals surface area contributed by atoms with E-state index < -0.39 is 6.04 Å². The van der Waals surface area contributed by atoms with E-state index in [1.165, 1.54) is 0 Å². The van der Waals surface area contributed by atoms with E-state index in [2.05, 4.69) is 26.1 Å². The Kier molecular flexibility index (Phi) is 4.63. The van der Waals surface area contributed by atoms with Crippen LogP contribution in [0.2, 0.25) is 0 Å². The number of nitrogens with zero attached hydrogens (tertiary/aromatic N) is 1. The van der Waals surface area contributed by atoms with Crippen LogP contribution >= 0.6 is 0 Å². The summed E-state index contributed by atoms with van der Waals surface area (Å²) < 4.78 is 0. The van der Waals surface area contributed by atoms with Crippen LogP contribution in [0.3, 0.4) is 0 Å². The van der Waals surface area contributed by atoms with E-state index in [1.807, 2.05) is 54.6 Å². The van der Waals surface area contributed by atoms with Gasteiger partial charge >= 0.3 is 6.03 Å². The molecule has 4 rings (SSSR count). The summed E-state index contributed by atoms with van der Waals surface area (Å²) in [4.78, 5) is 24.9. The fourth-order valence-corrected chi connectivity index (χ4v) is 3.17. The van der Waals surface area contributed by atoms with E-state index in [0.29, 0.717) is 17.0 Å². The van der Waals surface area contributed by atoms with Crippen molar-refractivity contribution in [3.8, 4) is 0 Å². The van der Waals surface area contributed by atoms with Gasteiger partial charge in [0.05, 0.1) is 23.3 Å². The second kappa shape index (κ2) is 7.40. The first-order chi connectivity index (χ1) is 13.6. The first-order valence-corrected chi connectivity index (χ1v) is 8.86. The largest absolute Gasteiger partial charge is 0.327 e. The minimum Gasteiger partial charge on any atom is -0.327 e. The van der Waals surface area contributed by atoms with Gasteiger partial charge in [-0.2, -0.15) is 5.10 Å². The molecule has 0 aliphatic carbocycles. The number of rotatable bonds is 4. The number of benzene rings is 2. The van der Waals surface area contributed by atoms with Gasteiger partial charge in [-0.15, -0.1) is 0 Å². The average molecular weight is 373 g/mol. The van der Waals surface area contributed by atoms with Gasteiger partial charge < -0.3 is 16.0 Å². The smallest absolute Gasteiger partial charge is 0.319 e. The van der Waals surface area contributed by atoms with Crippen molar-refractivity contribution in [2.75, 3.05) is 5.32 Å². The predicted molar refractivity (Wildman–Crippen MR) is 108 cm³/mol. The predicted octanol–water partition coefficient (Wildman–Crippen LogP) is 3.17. The lowest BCUT2D eigenvalue weighted by atomic mass is 10.0. The quantitative estimate of drug-likeness (QED) is 0.565. The Balaban J connectivity index is 1.59. The van der Waals surface area contributed by atoms with Gasteiger partial charge in [-0.25, -0.2) is 4.79 Å². The number of H-pyrrole nitrogens is 1. The van der Waals surface area contributed by atoms with E-state index in [4.69, 9.17) is 0 Å². The molecule has 1 aliphatic rings. The molecule has 4 N–H and O–H groups in total. The van der Waals surface area contributed by atoms with Gasteiger partial charge in [0.1, 0.15) is 0 Å². The Morgan fingerprint density at radius 3 is 2.82 bits per heavy atom. The zero-order valence-electron chi connectivity index (χ0n) is 15.2. The van der Waals surface area contributed by atoms with Gasteiger partial charge in [0.25, 0.3) is 5.91 Å². The summed E-state index contributed by atoms with van der Waals surface area (Å²) in [6, 6.07) is 14.3. The summed E-state index contributed by atoms with van der Waals surface area (Å²) in [6.45, 7) is 1.72. The molecule has 3 amide bonds. The molecule has 0 bridgehead atoms. The second-order valence-corrected chi connectivity index (χ2v) is 6.51.